The van der Waals surface area contributed by atoms with E-state index in [1.165, 1.54) is 12.1 Å². The Kier molecular flexibility index (Phi) is 3.50. The topological polar surface area (TPSA) is 20.2 Å². The highest BCUT2D eigenvalue weighted by Gasteiger charge is 2.35. The Bertz CT molecular complexity index is 418. The van der Waals surface area contributed by atoms with Crippen molar-refractivity contribution in [2.24, 2.45) is 5.41 Å². The van der Waals surface area contributed by atoms with Gasteiger partial charge < -0.3 is 5.11 Å². The van der Waals surface area contributed by atoms with Crippen LogP contribution in [0.15, 0.2) is 18.2 Å². The molecule has 1 aromatic carbocycles. The standard InChI is InChI=1S/C16H23FO/c1-12-9-13(11-14(17)10-12)16(18)6-4-5-15(2,3)7-8-16/h9-11,18H,4-8H2,1-3H3. The molecule has 18 heavy (non-hydrogen) atoms. The normalized spacial score (nSPS) is 27.8. The van der Waals surface area contributed by atoms with Gasteiger partial charge in [0.15, 0.2) is 0 Å². The van der Waals surface area contributed by atoms with Crippen molar-refractivity contribution >= 4 is 0 Å². The molecule has 1 fully saturated rings. The third-order valence-corrected chi connectivity index (χ3v) is 4.24. The molecule has 0 amide bonds. The number of hydrogen-bond donors (Lipinski definition) is 1. The van der Waals surface area contributed by atoms with E-state index in [9.17, 15) is 9.50 Å². The molecular weight excluding hydrogens is 227 g/mol. The summed E-state index contributed by atoms with van der Waals surface area (Å²) >= 11 is 0. The molecule has 1 N–H and O–H groups in total. The zero-order valence-corrected chi connectivity index (χ0v) is 11.6. The van der Waals surface area contributed by atoms with Crippen LogP contribution in [0.4, 0.5) is 4.39 Å². The number of aliphatic hydroxyl groups is 1. The van der Waals surface area contributed by atoms with Gasteiger partial charge in [-0.1, -0.05) is 19.9 Å². The first-order valence-electron chi connectivity index (χ1n) is 6.81. The number of halogens is 1. The monoisotopic (exact) mass is 250 g/mol. The molecule has 2 heteroatoms. The van der Waals surface area contributed by atoms with Crippen LogP contribution in [0.3, 0.4) is 0 Å². The number of benzene rings is 1. The average molecular weight is 250 g/mol. The zero-order chi connectivity index (χ0) is 13.4. The van der Waals surface area contributed by atoms with Crippen molar-refractivity contribution in [1.82, 2.24) is 0 Å². The van der Waals surface area contributed by atoms with E-state index in [2.05, 4.69) is 13.8 Å². The van der Waals surface area contributed by atoms with Crippen LogP contribution in [0.25, 0.3) is 0 Å². The Morgan fingerprint density at radius 2 is 1.78 bits per heavy atom. The van der Waals surface area contributed by atoms with Crippen LogP contribution in [0.1, 0.15) is 57.1 Å². The van der Waals surface area contributed by atoms with E-state index in [1.54, 1.807) is 0 Å². The molecular formula is C16H23FO. The summed E-state index contributed by atoms with van der Waals surface area (Å²) in [7, 11) is 0. The molecule has 0 aliphatic heterocycles. The second kappa shape index (κ2) is 4.65. The minimum absolute atomic E-state index is 0.248. The quantitative estimate of drug-likeness (QED) is 0.736. The maximum atomic E-state index is 13.5. The Balaban J connectivity index is 2.30. The van der Waals surface area contributed by atoms with Crippen LogP contribution in [-0.4, -0.2) is 5.11 Å². The fourth-order valence-electron chi connectivity index (χ4n) is 2.95. The molecule has 0 spiro atoms. The van der Waals surface area contributed by atoms with Crippen LogP contribution < -0.4 is 0 Å². The van der Waals surface area contributed by atoms with Gasteiger partial charge in [0.05, 0.1) is 5.60 Å². The lowest BCUT2D eigenvalue weighted by Crippen LogP contribution is -2.25. The maximum Gasteiger partial charge on any atom is 0.123 e. The van der Waals surface area contributed by atoms with E-state index in [0.29, 0.717) is 0 Å². The van der Waals surface area contributed by atoms with E-state index in [4.69, 9.17) is 0 Å². The summed E-state index contributed by atoms with van der Waals surface area (Å²) in [5, 5.41) is 10.8. The first kappa shape index (κ1) is 13.5. The number of aryl methyl sites for hydroxylation is 1. The lowest BCUT2D eigenvalue weighted by atomic mass is 9.82. The van der Waals surface area contributed by atoms with Crippen molar-refractivity contribution in [3.05, 3.63) is 35.1 Å². The molecule has 0 radical (unpaired) electrons. The van der Waals surface area contributed by atoms with Crippen molar-refractivity contribution in [2.45, 2.75) is 58.5 Å². The minimum atomic E-state index is -0.847. The Morgan fingerprint density at radius 3 is 2.44 bits per heavy atom. The highest BCUT2D eigenvalue weighted by molar-refractivity contribution is 5.28. The van der Waals surface area contributed by atoms with Gasteiger partial charge in [-0.25, -0.2) is 4.39 Å². The van der Waals surface area contributed by atoms with Crippen molar-refractivity contribution in [3.8, 4) is 0 Å². The molecule has 2 rings (SSSR count). The van der Waals surface area contributed by atoms with Gasteiger partial charge in [-0.15, -0.1) is 0 Å². The summed E-state index contributed by atoms with van der Waals surface area (Å²) in [5.41, 5.74) is 1.06. The van der Waals surface area contributed by atoms with Gasteiger partial charge >= 0.3 is 0 Å². The second-order valence-corrected chi connectivity index (χ2v) is 6.57. The molecule has 1 saturated carbocycles. The molecule has 0 bridgehead atoms. The van der Waals surface area contributed by atoms with Crippen LogP contribution in [0.5, 0.6) is 0 Å². The third kappa shape index (κ3) is 2.92. The van der Waals surface area contributed by atoms with Gasteiger partial charge in [0.1, 0.15) is 5.82 Å². The van der Waals surface area contributed by atoms with E-state index < -0.39 is 5.60 Å². The molecule has 0 saturated heterocycles. The molecule has 1 aliphatic rings. The van der Waals surface area contributed by atoms with Crippen molar-refractivity contribution in [2.75, 3.05) is 0 Å². The van der Waals surface area contributed by atoms with Gasteiger partial charge in [-0.2, -0.15) is 0 Å². The molecule has 1 atom stereocenters. The maximum absolute atomic E-state index is 13.5. The van der Waals surface area contributed by atoms with E-state index >= 15 is 0 Å². The summed E-state index contributed by atoms with van der Waals surface area (Å²) in [6.07, 6.45) is 4.57. The van der Waals surface area contributed by atoms with Crippen LogP contribution in [0, 0.1) is 18.2 Å². The van der Waals surface area contributed by atoms with E-state index in [0.717, 1.165) is 43.2 Å². The van der Waals surface area contributed by atoms with Gasteiger partial charge in [0.2, 0.25) is 0 Å². The summed E-state index contributed by atoms with van der Waals surface area (Å²) in [5.74, 6) is -0.248. The molecule has 1 unspecified atom stereocenters. The molecule has 1 aromatic rings. The van der Waals surface area contributed by atoms with Crippen molar-refractivity contribution in [3.63, 3.8) is 0 Å². The molecule has 1 nitrogen and oxygen atoms in total. The van der Waals surface area contributed by atoms with Crippen LogP contribution in [-0.2, 0) is 5.60 Å². The van der Waals surface area contributed by atoms with Gasteiger partial charge in [-0.05, 0) is 67.7 Å². The fraction of sp³-hybridized carbons (Fsp3) is 0.625. The Hall–Kier alpha value is -0.890. The summed E-state index contributed by atoms with van der Waals surface area (Å²) in [4.78, 5) is 0. The van der Waals surface area contributed by atoms with E-state index in [-0.39, 0.29) is 11.2 Å². The van der Waals surface area contributed by atoms with Crippen LogP contribution in [0.2, 0.25) is 0 Å². The third-order valence-electron chi connectivity index (χ3n) is 4.24. The molecule has 100 valence electrons. The minimum Gasteiger partial charge on any atom is -0.385 e. The molecule has 1 aliphatic carbocycles. The smallest absolute Gasteiger partial charge is 0.123 e. The predicted molar refractivity (Wildman–Crippen MR) is 71.9 cm³/mol. The summed E-state index contributed by atoms with van der Waals surface area (Å²) < 4.78 is 13.5. The Morgan fingerprint density at radius 1 is 1.06 bits per heavy atom. The first-order valence-corrected chi connectivity index (χ1v) is 6.81. The second-order valence-electron chi connectivity index (χ2n) is 6.57. The fourth-order valence-corrected chi connectivity index (χ4v) is 2.95. The number of hydrogen-bond acceptors (Lipinski definition) is 1. The number of rotatable bonds is 1. The summed E-state index contributed by atoms with van der Waals surface area (Å²) in [6.45, 7) is 6.36. The van der Waals surface area contributed by atoms with Gasteiger partial charge in [0.25, 0.3) is 0 Å². The van der Waals surface area contributed by atoms with Crippen LogP contribution >= 0.6 is 0 Å². The molecule has 0 aromatic heterocycles. The highest BCUT2D eigenvalue weighted by Crippen LogP contribution is 2.42. The predicted octanol–water partition coefficient (Wildman–Crippen LogP) is 4.31. The highest BCUT2D eigenvalue weighted by atomic mass is 19.1. The van der Waals surface area contributed by atoms with Crippen molar-refractivity contribution in [1.29, 1.82) is 0 Å². The van der Waals surface area contributed by atoms with Gasteiger partial charge in [-0.3, -0.25) is 0 Å². The SMILES string of the molecule is Cc1cc(F)cc(C2(O)CCCC(C)(C)CC2)c1. The summed E-state index contributed by atoms with van der Waals surface area (Å²) in [6, 6.07) is 4.92. The lowest BCUT2D eigenvalue weighted by Gasteiger charge is -2.28. The average Bonchev–Trinajstić information content (AvgIpc) is 2.38. The van der Waals surface area contributed by atoms with Gasteiger partial charge in [0, 0.05) is 0 Å². The zero-order valence-electron chi connectivity index (χ0n) is 11.6. The lowest BCUT2D eigenvalue weighted by molar-refractivity contribution is 0.0177. The van der Waals surface area contributed by atoms with E-state index in [1.807, 2.05) is 13.0 Å². The largest absolute Gasteiger partial charge is 0.385 e. The Labute approximate surface area is 109 Å². The first-order chi connectivity index (χ1) is 8.31. The van der Waals surface area contributed by atoms with Crippen molar-refractivity contribution < 1.29 is 9.50 Å². The molecule has 0 heterocycles.